The van der Waals surface area contributed by atoms with E-state index >= 15 is 0 Å². The van der Waals surface area contributed by atoms with Crippen LogP contribution in [0.1, 0.15) is 96.6 Å². The van der Waals surface area contributed by atoms with Crippen molar-refractivity contribution in [3.05, 3.63) is 77.6 Å². The third kappa shape index (κ3) is 11.0. The van der Waals surface area contributed by atoms with E-state index < -0.39 is 42.1 Å². The first-order chi connectivity index (χ1) is 30.0. The number of benzene rings is 1. The summed E-state index contributed by atoms with van der Waals surface area (Å²) in [5.74, 6) is 0.880. The molecule has 1 aromatic heterocycles. The lowest BCUT2D eigenvalue weighted by molar-refractivity contribution is -0.128. The molecule has 4 aliphatic rings. The Kier molecular flexibility index (Phi) is 15.2. The predicted octanol–water partition coefficient (Wildman–Crippen LogP) is 6.60. The van der Waals surface area contributed by atoms with Gasteiger partial charge in [-0.1, -0.05) is 63.6 Å². The maximum absolute atomic E-state index is 13.3. The minimum absolute atomic E-state index is 0.00469. The van der Waals surface area contributed by atoms with Crippen LogP contribution in [0.5, 0.6) is 0 Å². The molecule has 1 heterocycles. The summed E-state index contributed by atoms with van der Waals surface area (Å²) < 4.78 is 11.6. The zero-order chi connectivity index (χ0) is 45.5. The Morgan fingerprint density at radius 2 is 1.62 bits per heavy atom. The molecule has 8 atom stereocenters. The Balaban J connectivity index is 0.922. The molecule has 0 spiro atoms. The van der Waals surface area contributed by atoms with Crippen LogP contribution in [0.3, 0.4) is 0 Å². The van der Waals surface area contributed by atoms with Crippen LogP contribution in [-0.4, -0.2) is 96.7 Å². The molecule has 4 aliphatic carbocycles. The number of amides is 6. The first-order valence-corrected chi connectivity index (χ1v) is 22.6. The van der Waals surface area contributed by atoms with Crippen LogP contribution in [-0.2, 0) is 25.7 Å². The highest BCUT2D eigenvalue weighted by Crippen LogP contribution is 2.66. The van der Waals surface area contributed by atoms with Gasteiger partial charge in [0, 0.05) is 58.2 Å². The Labute approximate surface area is 372 Å². The quantitative estimate of drug-likeness (QED) is 0.0908. The summed E-state index contributed by atoms with van der Waals surface area (Å²) in [7, 11) is 3.30. The van der Waals surface area contributed by atoms with E-state index in [0.29, 0.717) is 35.4 Å². The first kappa shape index (κ1) is 47.0. The number of pyridine rings is 1. The molecule has 7 N–H and O–H groups in total. The summed E-state index contributed by atoms with van der Waals surface area (Å²) in [4.78, 5) is 70.4. The molecule has 2 fully saturated rings. The highest BCUT2D eigenvalue weighted by Gasteiger charge is 2.57. The number of nitrogens with one attached hydrogen (secondary N) is 3. The Bertz CT molecular complexity index is 2030. The van der Waals surface area contributed by atoms with Crippen molar-refractivity contribution in [1.82, 2.24) is 25.4 Å². The van der Waals surface area contributed by atoms with Crippen LogP contribution >= 0.6 is 0 Å². The fourth-order valence-corrected chi connectivity index (χ4v) is 10.5. The minimum Gasteiger partial charge on any atom is -0.446 e. The van der Waals surface area contributed by atoms with Crippen molar-refractivity contribution in [2.45, 2.75) is 110 Å². The molecule has 0 bridgehead atoms. The number of urea groups is 1. The van der Waals surface area contributed by atoms with Gasteiger partial charge >= 0.3 is 18.2 Å². The summed E-state index contributed by atoms with van der Waals surface area (Å²) in [5.41, 5.74) is 16.8. The van der Waals surface area contributed by atoms with Gasteiger partial charge in [0.25, 0.3) is 0 Å². The van der Waals surface area contributed by atoms with Crippen LogP contribution in [0.15, 0.2) is 66.5 Å². The third-order valence-electron chi connectivity index (χ3n) is 14.5. The lowest BCUT2D eigenvalue weighted by atomic mass is 9.47. The van der Waals surface area contributed by atoms with Crippen LogP contribution in [0.25, 0.3) is 5.57 Å². The predicted molar refractivity (Wildman–Crippen MR) is 242 cm³/mol. The number of carbonyl (C=O) groups excluding carboxylic acids is 5. The van der Waals surface area contributed by atoms with E-state index in [-0.39, 0.29) is 55.5 Å². The summed E-state index contributed by atoms with van der Waals surface area (Å²) >= 11 is 0. The van der Waals surface area contributed by atoms with Crippen LogP contribution in [0, 0.1) is 34.5 Å². The molecule has 15 nitrogen and oxygen atoms in total. The number of hydrogen-bond acceptors (Lipinski definition) is 9. The van der Waals surface area contributed by atoms with E-state index in [1.165, 1.54) is 39.4 Å². The van der Waals surface area contributed by atoms with Crippen molar-refractivity contribution >= 4 is 41.3 Å². The number of hydrogen-bond donors (Lipinski definition) is 5. The zero-order valence-electron chi connectivity index (χ0n) is 37.9. The van der Waals surface area contributed by atoms with Gasteiger partial charge in [-0.3, -0.25) is 14.6 Å². The van der Waals surface area contributed by atoms with E-state index in [4.69, 9.17) is 20.9 Å². The molecule has 2 saturated carbocycles. The summed E-state index contributed by atoms with van der Waals surface area (Å²) in [5, 5.41) is 8.00. The van der Waals surface area contributed by atoms with Crippen molar-refractivity contribution < 1.29 is 33.4 Å². The van der Waals surface area contributed by atoms with Crippen molar-refractivity contribution in [3.8, 4) is 0 Å². The lowest BCUT2D eigenvalue weighted by Gasteiger charge is -2.57. The molecule has 15 heteroatoms. The zero-order valence-corrected chi connectivity index (χ0v) is 37.9. The average molecular weight is 869 g/mol. The molecule has 342 valence electrons. The van der Waals surface area contributed by atoms with E-state index in [0.717, 1.165) is 32.1 Å². The fourth-order valence-electron chi connectivity index (χ4n) is 10.5. The number of primary amides is 1. The molecule has 63 heavy (non-hydrogen) atoms. The maximum Gasteiger partial charge on any atom is 0.409 e. The largest absolute Gasteiger partial charge is 0.446 e. The Morgan fingerprint density at radius 3 is 2.30 bits per heavy atom. The number of nitrogens with two attached hydrogens (primary N) is 2. The monoisotopic (exact) mass is 869 g/mol. The number of nitrogens with zero attached hydrogens (tertiary/aromatic N) is 3. The van der Waals surface area contributed by atoms with Crippen LogP contribution in [0.4, 0.5) is 20.1 Å². The van der Waals surface area contributed by atoms with E-state index in [9.17, 15) is 24.0 Å². The second kappa shape index (κ2) is 20.4. The molecule has 6 rings (SSSR count). The molecule has 0 aliphatic heterocycles. The molecule has 0 unspecified atom stereocenters. The third-order valence-corrected chi connectivity index (χ3v) is 14.5. The molecular weight excluding hydrogens is 801 g/mol. The summed E-state index contributed by atoms with van der Waals surface area (Å²) in [6.45, 7) is 9.33. The fraction of sp³-hybridized carbons (Fsp3) is 0.583. The summed E-state index contributed by atoms with van der Waals surface area (Å²) in [6, 6.07) is 8.67. The lowest BCUT2D eigenvalue weighted by Crippen LogP contribution is -2.51. The highest BCUT2D eigenvalue weighted by atomic mass is 16.6. The number of rotatable bonds is 16. The number of ether oxygens (including phenoxy) is 2. The number of fused-ring (bicyclic) bond motifs is 5. The van der Waals surface area contributed by atoms with Crippen LogP contribution < -0.4 is 27.4 Å². The topological polar surface area (TPSA) is 211 Å². The van der Waals surface area contributed by atoms with E-state index in [1.807, 2.05) is 32.3 Å². The van der Waals surface area contributed by atoms with E-state index in [2.05, 4.69) is 53.0 Å². The number of carbonyl (C=O) groups is 5. The minimum atomic E-state index is -0.896. The standard InChI is InChI=1S/C48H68N8O7/c1-30(2)41(49)43(58)54-40(10-8-24-52-44(50)59)42(57)53-34-14-11-31(12-15-34)29-62-45(60)55(5)25-26-56(6)46(61)63-35-19-21-47(3)33(27-35)13-16-36-38-18-17-37(32-9-7-23-51-28-32)48(38,4)22-20-39(36)47/h7,9,11-15,17,23,28,30,35-36,38-41H,8,10,16,18-22,24-27,29,49H2,1-6H3,(H,53,57)(H,54,58)(H3,50,52,59)/t35-,36-,38-,39-,40-,41-,47-,48+/m0/s1. The second-order valence-electron chi connectivity index (χ2n) is 18.9. The molecule has 2 aromatic rings. The number of allylic oxidation sites excluding steroid dienone is 3. The first-order valence-electron chi connectivity index (χ1n) is 22.6. The Morgan fingerprint density at radius 1 is 0.905 bits per heavy atom. The number of aromatic nitrogens is 1. The maximum atomic E-state index is 13.3. The van der Waals surface area contributed by atoms with Gasteiger partial charge in [0.15, 0.2) is 0 Å². The average Bonchev–Trinajstić information content (AvgIpc) is 3.63. The molecule has 0 radical (unpaired) electrons. The van der Waals surface area contributed by atoms with Gasteiger partial charge in [-0.15, -0.1) is 0 Å². The van der Waals surface area contributed by atoms with Gasteiger partial charge in [0.05, 0.1) is 6.04 Å². The Hall–Kier alpha value is -5.44. The van der Waals surface area contributed by atoms with Gasteiger partial charge in [0.2, 0.25) is 11.8 Å². The van der Waals surface area contributed by atoms with Crippen molar-refractivity contribution in [1.29, 1.82) is 0 Å². The van der Waals surface area contributed by atoms with Crippen molar-refractivity contribution in [2.24, 2.45) is 46.0 Å². The van der Waals surface area contributed by atoms with Crippen molar-refractivity contribution in [3.63, 3.8) is 0 Å². The van der Waals surface area contributed by atoms with Crippen LogP contribution in [0.2, 0.25) is 0 Å². The van der Waals surface area contributed by atoms with Gasteiger partial charge in [-0.05, 0) is 121 Å². The molecule has 6 amide bonds. The number of likely N-dealkylation sites (N-methyl/N-ethyl adjacent to an activating group) is 2. The SMILES string of the molecule is CC(C)[C@H](N)C(=O)N[C@@H](CCCNC(N)=O)C(=O)Nc1ccc(COC(=O)N(C)CCN(C)C(=O)O[C@H]2CC[C@@]3(C)C(=CC[C@@H]4[C@@H]3CC[C@]3(C)C(c5cccnc5)=CC[C@@H]43)C2)cc1. The van der Waals surface area contributed by atoms with Gasteiger partial charge in [-0.25, -0.2) is 14.4 Å². The molecule has 0 saturated heterocycles. The van der Waals surface area contributed by atoms with Gasteiger partial charge < -0.3 is 46.7 Å². The van der Waals surface area contributed by atoms with Gasteiger partial charge in [0.1, 0.15) is 18.8 Å². The number of anilines is 1. The van der Waals surface area contributed by atoms with Crippen molar-refractivity contribution in [2.75, 3.05) is 39.0 Å². The van der Waals surface area contributed by atoms with Gasteiger partial charge in [-0.2, -0.15) is 0 Å². The normalized spacial score (nSPS) is 25.7. The van der Waals surface area contributed by atoms with E-state index in [1.54, 1.807) is 38.4 Å². The second-order valence-corrected chi connectivity index (χ2v) is 18.9. The smallest absolute Gasteiger partial charge is 0.409 e. The summed E-state index contributed by atoms with van der Waals surface area (Å²) in [6.07, 6.45) is 15.6. The molecule has 1 aromatic carbocycles. The highest BCUT2D eigenvalue weighted by molar-refractivity contribution is 5.97. The molecular formula is C48H68N8O7.